The van der Waals surface area contributed by atoms with E-state index in [2.05, 4.69) is 278 Å². The van der Waals surface area contributed by atoms with E-state index in [1.165, 1.54) is 49.8 Å². The molecule has 0 atom stereocenters. The van der Waals surface area contributed by atoms with Crippen molar-refractivity contribution in [3.05, 3.63) is 216 Å². The van der Waals surface area contributed by atoms with Crippen LogP contribution in [0, 0.1) is 6.92 Å². The van der Waals surface area contributed by atoms with Crippen molar-refractivity contribution in [2.75, 3.05) is 27.9 Å². The minimum Gasteiger partial charge on any atom is -0.486 e. The van der Waals surface area contributed by atoms with Gasteiger partial charge in [0.1, 0.15) is 13.2 Å². The standard InChI is InChI=1S/C69H66BN3O2/c1-45-37-62-66-63(38-45)73(57-40-48(46-21-25-50(26-22-46)67(2,3)4)39-49(41-57)47-23-27-51(28-24-47)68(5,6)7)60-42-56(71(53-17-13-11-14-18-53)54-19-15-12-16-20-54)33-34-58(60)70(66)59-43-64-65(75-36-35-74-64)44-61(59)72(62)55-31-29-52(30-32-55)69(8,9)10/h11-34,37-44H,35-36H2,1-10H3. The van der Waals surface area contributed by atoms with Crippen molar-refractivity contribution < 1.29 is 9.47 Å². The van der Waals surface area contributed by atoms with Crippen molar-refractivity contribution in [2.45, 2.75) is 85.5 Å². The Morgan fingerprint density at radius 2 is 0.840 bits per heavy atom. The van der Waals surface area contributed by atoms with Gasteiger partial charge in [0.05, 0.1) is 0 Å². The summed E-state index contributed by atoms with van der Waals surface area (Å²) < 4.78 is 12.9. The van der Waals surface area contributed by atoms with E-state index in [9.17, 15) is 0 Å². The molecule has 0 aliphatic carbocycles. The van der Waals surface area contributed by atoms with Gasteiger partial charge in [-0.1, -0.05) is 165 Å². The van der Waals surface area contributed by atoms with E-state index in [-0.39, 0.29) is 23.0 Å². The predicted octanol–water partition coefficient (Wildman–Crippen LogP) is 16.5. The molecule has 0 saturated heterocycles. The minimum atomic E-state index is -0.133. The van der Waals surface area contributed by atoms with E-state index < -0.39 is 0 Å². The minimum absolute atomic E-state index is 0.00645. The molecule has 3 aliphatic heterocycles. The van der Waals surface area contributed by atoms with Gasteiger partial charge in [-0.25, -0.2) is 0 Å². The first kappa shape index (κ1) is 48.0. The lowest BCUT2D eigenvalue weighted by Gasteiger charge is -2.45. The quantitative estimate of drug-likeness (QED) is 0.148. The molecule has 75 heavy (non-hydrogen) atoms. The molecule has 0 fully saturated rings. The molecule has 0 spiro atoms. The summed E-state index contributed by atoms with van der Waals surface area (Å²) in [6, 6.07) is 72.8. The van der Waals surface area contributed by atoms with E-state index in [1.54, 1.807) is 0 Å². The van der Waals surface area contributed by atoms with Crippen molar-refractivity contribution in [3.8, 4) is 33.8 Å². The maximum atomic E-state index is 6.46. The van der Waals surface area contributed by atoms with Gasteiger partial charge in [-0.3, -0.25) is 0 Å². The molecule has 372 valence electrons. The Morgan fingerprint density at radius 1 is 0.387 bits per heavy atom. The summed E-state index contributed by atoms with van der Waals surface area (Å²) >= 11 is 0. The second-order valence-electron chi connectivity index (χ2n) is 23.8. The van der Waals surface area contributed by atoms with Crippen LogP contribution in [0.25, 0.3) is 22.3 Å². The maximum absolute atomic E-state index is 6.46. The number of nitrogens with zero attached hydrogens (tertiary/aromatic N) is 3. The van der Waals surface area contributed by atoms with Crippen molar-refractivity contribution in [3.63, 3.8) is 0 Å². The zero-order valence-electron chi connectivity index (χ0n) is 45.1. The summed E-state index contributed by atoms with van der Waals surface area (Å²) in [5, 5.41) is 0. The van der Waals surface area contributed by atoms with Crippen LogP contribution in [0.1, 0.15) is 84.6 Å². The molecule has 6 heteroatoms. The summed E-state index contributed by atoms with van der Waals surface area (Å²) in [5.41, 5.74) is 23.5. The molecule has 12 rings (SSSR count). The first-order valence-electron chi connectivity index (χ1n) is 26.7. The number of fused-ring (bicyclic) bond motifs is 5. The molecule has 3 aliphatic rings. The third-order valence-corrected chi connectivity index (χ3v) is 15.5. The van der Waals surface area contributed by atoms with Crippen LogP contribution in [-0.4, -0.2) is 19.9 Å². The fourth-order valence-electron chi connectivity index (χ4n) is 11.5. The number of benzene rings is 9. The molecule has 0 unspecified atom stereocenters. The predicted molar refractivity (Wildman–Crippen MR) is 318 cm³/mol. The maximum Gasteiger partial charge on any atom is 0.252 e. The molecule has 3 heterocycles. The lowest BCUT2D eigenvalue weighted by molar-refractivity contribution is 0.172. The van der Waals surface area contributed by atoms with E-state index in [4.69, 9.17) is 9.47 Å². The highest BCUT2D eigenvalue weighted by Gasteiger charge is 2.45. The van der Waals surface area contributed by atoms with Gasteiger partial charge in [0.25, 0.3) is 6.71 Å². The van der Waals surface area contributed by atoms with Crippen LogP contribution in [0.4, 0.5) is 51.2 Å². The van der Waals surface area contributed by atoms with Crippen LogP contribution >= 0.6 is 0 Å². The van der Waals surface area contributed by atoms with Crippen LogP contribution in [0.5, 0.6) is 11.5 Å². The second-order valence-corrected chi connectivity index (χ2v) is 23.8. The van der Waals surface area contributed by atoms with Crippen LogP contribution in [-0.2, 0) is 16.2 Å². The molecule has 0 amide bonds. The molecule has 0 aromatic heterocycles. The van der Waals surface area contributed by atoms with E-state index in [0.717, 1.165) is 73.8 Å². The summed E-state index contributed by atoms with van der Waals surface area (Å²) in [6.45, 7) is 23.7. The highest BCUT2D eigenvalue weighted by atomic mass is 16.6. The lowest BCUT2D eigenvalue weighted by Crippen LogP contribution is -2.61. The van der Waals surface area contributed by atoms with Gasteiger partial charge in [-0.05, 0) is 169 Å². The number of ether oxygens (including phenoxy) is 2. The number of para-hydroxylation sites is 2. The van der Waals surface area contributed by atoms with Gasteiger partial charge in [-0.15, -0.1) is 0 Å². The third-order valence-electron chi connectivity index (χ3n) is 15.5. The van der Waals surface area contributed by atoms with Gasteiger partial charge in [-0.2, -0.15) is 0 Å². The second kappa shape index (κ2) is 18.2. The van der Waals surface area contributed by atoms with Crippen LogP contribution in [0.2, 0.25) is 0 Å². The normalized spacial score (nSPS) is 13.8. The van der Waals surface area contributed by atoms with Crippen molar-refractivity contribution >= 4 is 74.3 Å². The summed E-state index contributed by atoms with van der Waals surface area (Å²) in [5.74, 6) is 1.56. The van der Waals surface area contributed by atoms with Crippen molar-refractivity contribution in [2.24, 2.45) is 0 Å². The average molecular weight is 980 g/mol. The Bertz CT molecular complexity index is 3490. The van der Waals surface area contributed by atoms with E-state index >= 15 is 0 Å². The largest absolute Gasteiger partial charge is 0.486 e. The van der Waals surface area contributed by atoms with Crippen molar-refractivity contribution in [1.82, 2.24) is 0 Å². The monoisotopic (exact) mass is 980 g/mol. The molecule has 0 bridgehead atoms. The molecular formula is C69H66BN3O2. The Labute approximate surface area is 445 Å². The molecular weight excluding hydrogens is 914 g/mol. The van der Waals surface area contributed by atoms with Crippen LogP contribution in [0.15, 0.2) is 194 Å². The summed E-state index contributed by atoms with van der Waals surface area (Å²) in [6.07, 6.45) is 0. The number of aryl methyl sites for hydroxylation is 1. The third kappa shape index (κ3) is 8.74. The van der Waals surface area contributed by atoms with Gasteiger partial charge in [0, 0.05) is 57.3 Å². The van der Waals surface area contributed by atoms with E-state index in [1.807, 2.05) is 0 Å². The molecule has 9 aromatic carbocycles. The summed E-state index contributed by atoms with van der Waals surface area (Å²) in [4.78, 5) is 7.42. The number of rotatable bonds is 7. The zero-order chi connectivity index (χ0) is 52.0. The Balaban J connectivity index is 1.16. The Morgan fingerprint density at radius 3 is 1.33 bits per heavy atom. The molecule has 0 radical (unpaired) electrons. The summed E-state index contributed by atoms with van der Waals surface area (Å²) in [7, 11) is 0. The zero-order valence-corrected chi connectivity index (χ0v) is 45.1. The highest BCUT2D eigenvalue weighted by Crippen LogP contribution is 2.49. The average Bonchev–Trinajstić information content (AvgIpc) is 3.42. The fourth-order valence-corrected chi connectivity index (χ4v) is 11.5. The number of anilines is 9. The van der Waals surface area contributed by atoms with Crippen LogP contribution < -0.4 is 40.6 Å². The topological polar surface area (TPSA) is 28.2 Å². The fraction of sp³-hybridized carbons (Fsp3) is 0.217. The van der Waals surface area contributed by atoms with Gasteiger partial charge in [0.15, 0.2) is 11.5 Å². The Kier molecular flexibility index (Phi) is 11.6. The molecule has 5 nitrogen and oxygen atoms in total. The SMILES string of the molecule is Cc1cc2c3c(c1)N(c1ccc(C(C)(C)C)cc1)c1cc4c(cc1B3c1ccc(N(c3ccccc3)c3ccccc3)cc1N2c1cc(-c2ccc(C(C)(C)C)cc2)cc(-c2ccc(C(C)(C)C)cc2)c1)OCCO4. The van der Waals surface area contributed by atoms with Crippen molar-refractivity contribution in [1.29, 1.82) is 0 Å². The first-order chi connectivity index (χ1) is 36.0. The first-order valence-corrected chi connectivity index (χ1v) is 26.7. The van der Waals surface area contributed by atoms with Gasteiger partial charge in [0.2, 0.25) is 0 Å². The van der Waals surface area contributed by atoms with Crippen LogP contribution in [0.3, 0.4) is 0 Å². The van der Waals surface area contributed by atoms with Gasteiger partial charge < -0.3 is 24.2 Å². The molecule has 0 N–H and O–H groups in total. The smallest absolute Gasteiger partial charge is 0.252 e. The lowest BCUT2D eigenvalue weighted by atomic mass is 9.33. The Hall–Kier alpha value is -7.96. The molecule has 9 aromatic rings. The van der Waals surface area contributed by atoms with E-state index in [0.29, 0.717) is 13.2 Å². The number of hydrogen-bond donors (Lipinski definition) is 0. The highest BCUT2D eigenvalue weighted by molar-refractivity contribution is 7.00. The number of hydrogen-bond acceptors (Lipinski definition) is 5. The van der Waals surface area contributed by atoms with Gasteiger partial charge >= 0.3 is 0 Å². The molecule has 0 saturated carbocycles.